The number of nitrogens with one attached hydrogen (secondary N) is 1. The summed E-state index contributed by atoms with van der Waals surface area (Å²) in [7, 11) is 0. The number of hydrogen-bond acceptors (Lipinski definition) is 2. The van der Waals surface area contributed by atoms with Crippen LogP contribution in [0.25, 0.3) is 0 Å². The van der Waals surface area contributed by atoms with E-state index in [-0.39, 0.29) is 5.91 Å². The van der Waals surface area contributed by atoms with Crippen molar-refractivity contribution < 1.29 is 9.59 Å². The molecule has 0 aromatic heterocycles. The van der Waals surface area contributed by atoms with Crippen molar-refractivity contribution in [3.8, 4) is 0 Å². The lowest BCUT2D eigenvalue weighted by Crippen LogP contribution is -2.59. The molecule has 2 rings (SSSR count). The van der Waals surface area contributed by atoms with Crippen LogP contribution in [0, 0.1) is 5.41 Å². The van der Waals surface area contributed by atoms with Crippen molar-refractivity contribution in [2.24, 2.45) is 5.41 Å². The van der Waals surface area contributed by atoms with Crippen LogP contribution in [0.5, 0.6) is 0 Å². The summed E-state index contributed by atoms with van der Waals surface area (Å²) in [6, 6.07) is 4.22. The second-order valence-electron chi connectivity index (χ2n) is 4.81. The van der Waals surface area contributed by atoms with Gasteiger partial charge in [0, 0.05) is 11.6 Å². The summed E-state index contributed by atoms with van der Waals surface area (Å²) in [6.45, 7) is 4.06. The van der Waals surface area contributed by atoms with Gasteiger partial charge >= 0.3 is 6.03 Å². The number of hydrogen-bond donors (Lipinski definition) is 1. The predicted octanol–water partition coefficient (Wildman–Crippen LogP) is 3.47. The molecule has 1 aliphatic rings. The zero-order chi connectivity index (χ0) is 14.2. The van der Waals surface area contributed by atoms with Crippen LogP contribution in [0.2, 0.25) is 10.0 Å². The monoisotopic (exact) mass is 300 g/mol. The van der Waals surface area contributed by atoms with Crippen LogP contribution in [-0.2, 0) is 4.79 Å². The highest BCUT2D eigenvalue weighted by molar-refractivity contribution is 6.37. The lowest BCUT2D eigenvalue weighted by Gasteiger charge is -2.38. The number of carbonyl (C=O) groups excluding carboxylic acids is 2. The first-order valence-electron chi connectivity index (χ1n) is 5.96. The molecule has 3 amide bonds. The summed E-state index contributed by atoms with van der Waals surface area (Å²) in [5, 5.41) is 3.45. The fraction of sp³-hybridized carbons (Fsp3) is 0.385. The van der Waals surface area contributed by atoms with Gasteiger partial charge in [-0.15, -0.1) is 0 Å². The molecule has 1 N–H and O–H groups in total. The molecule has 4 nitrogen and oxygen atoms in total. The Morgan fingerprint density at radius 1 is 1.37 bits per heavy atom. The van der Waals surface area contributed by atoms with E-state index < -0.39 is 11.4 Å². The number of carbonyl (C=O) groups is 2. The van der Waals surface area contributed by atoms with Crippen molar-refractivity contribution in [2.45, 2.75) is 20.3 Å². The van der Waals surface area contributed by atoms with E-state index in [4.69, 9.17) is 23.2 Å². The average Bonchev–Trinajstić information content (AvgIpc) is 2.39. The molecular weight excluding hydrogens is 287 g/mol. The van der Waals surface area contributed by atoms with Gasteiger partial charge in [0.15, 0.2) is 0 Å². The third-order valence-electron chi connectivity index (χ3n) is 3.48. The summed E-state index contributed by atoms with van der Waals surface area (Å²) in [6.07, 6.45) is 0.626. The molecule has 102 valence electrons. The zero-order valence-electron chi connectivity index (χ0n) is 10.7. The van der Waals surface area contributed by atoms with Gasteiger partial charge in [-0.2, -0.15) is 0 Å². The summed E-state index contributed by atoms with van der Waals surface area (Å²) in [4.78, 5) is 25.6. The molecule has 0 saturated carbocycles. The fourth-order valence-corrected chi connectivity index (χ4v) is 2.31. The van der Waals surface area contributed by atoms with E-state index in [2.05, 4.69) is 5.32 Å². The Morgan fingerprint density at radius 3 is 2.68 bits per heavy atom. The Hall–Kier alpha value is -1.26. The highest BCUT2D eigenvalue weighted by atomic mass is 35.5. The van der Waals surface area contributed by atoms with Gasteiger partial charge in [0.1, 0.15) is 0 Å². The molecular formula is C13H14Cl2N2O2. The van der Waals surface area contributed by atoms with E-state index in [0.29, 0.717) is 28.7 Å². The number of rotatable bonds is 2. The van der Waals surface area contributed by atoms with E-state index in [1.807, 2.05) is 13.8 Å². The van der Waals surface area contributed by atoms with Crippen LogP contribution in [0.3, 0.4) is 0 Å². The minimum absolute atomic E-state index is 0.261. The van der Waals surface area contributed by atoms with E-state index in [1.54, 1.807) is 12.1 Å². The summed E-state index contributed by atoms with van der Waals surface area (Å²) in [5.41, 5.74) is -0.310. The number of benzene rings is 1. The zero-order valence-corrected chi connectivity index (χ0v) is 12.2. The number of nitrogens with zero attached hydrogens (tertiary/aromatic N) is 1. The van der Waals surface area contributed by atoms with Crippen LogP contribution in [-0.4, -0.2) is 18.5 Å². The van der Waals surface area contributed by atoms with Gasteiger partial charge in [-0.05, 0) is 31.5 Å². The Balaban J connectivity index is 2.49. The van der Waals surface area contributed by atoms with Crippen molar-refractivity contribution in [3.05, 3.63) is 28.2 Å². The maximum atomic E-state index is 12.5. The van der Waals surface area contributed by atoms with E-state index in [1.165, 1.54) is 6.07 Å². The van der Waals surface area contributed by atoms with Crippen LogP contribution >= 0.6 is 23.2 Å². The lowest BCUT2D eigenvalue weighted by molar-refractivity contribution is -0.127. The largest absolute Gasteiger partial charge is 0.336 e. The molecule has 19 heavy (non-hydrogen) atoms. The van der Waals surface area contributed by atoms with Crippen LogP contribution in [0.4, 0.5) is 10.5 Å². The third kappa shape index (κ3) is 2.42. The molecule has 1 unspecified atom stereocenters. The number of imide groups is 1. The summed E-state index contributed by atoms with van der Waals surface area (Å²) >= 11 is 12.0. The summed E-state index contributed by atoms with van der Waals surface area (Å²) in [5.74, 6) is -0.261. The van der Waals surface area contributed by atoms with E-state index in [0.717, 1.165) is 4.90 Å². The fourth-order valence-electron chi connectivity index (χ4n) is 1.94. The molecule has 1 saturated heterocycles. The number of anilines is 1. The molecule has 0 radical (unpaired) electrons. The number of urea groups is 1. The maximum absolute atomic E-state index is 12.5. The first-order valence-corrected chi connectivity index (χ1v) is 6.72. The van der Waals surface area contributed by atoms with Gasteiger partial charge < -0.3 is 5.32 Å². The Kier molecular flexibility index (Phi) is 3.74. The summed E-state index contributed by atoms with van der Waals surface area (Å²) < 4.78 is 0. The van der Waals surface area contributed by atoms with Gasteiger partial charge in [0.2, 0.25) is 5.91 Å². The molecule has 0 aliphatic carbocycles. The average molecular weight is 301 g/mol. The molecule has 1 heterocycles. The van der Waals surface area contributed by atoms with Gasteiger partial charge in [0.05, 0.1) is 16.1 Å². The first-order chi connectivity index (χ1) is 8.89. The Labute approximate surface area is 121 Å². The second kappa shape index (κ2) is 5.02. The van der Waals surface area contributed by atoms with Crippen molar-refractivity contribution in [3.63, 3.8) is 0 Å². The van der Waals surface area contributed by atoms with Crippen LogP contribution < -0.4 is 10.2 Å². The molecule has 0 bridgehead atoms. The molecule has 0 spiro atoms. The van der Waals surface area contributed by atoms with Crippen LogP contribution in [0.1, 0.15) is 20.3 Å². The third-order valence-corrected chi connectivity index (χ3v) is 4.04. The van der Waals surface area contributed by atoms with Gasteiger partial charge in [-0.25, -0.2) is 9.69 Å². The topological polar surface area (TPSA) is 49.4 Å². The van der Waals surface area contributed by atoms with Gasteiger partial charge in [-0.3, -0.25) is 4.79 Å². The van der Waals surface area contributed by atoms with Gasteiger partial charge in [-0.1, -0.05) is 30.1 Å². The molecule has 1 aliphatic heterocycles. The van der Waals surface area contributed by atoms with Crippen molar-refractivity contribution in [1.82, 2.24) is 5.32 Å². The van der Waals surface area contributed by atoms with E-state index in [9.17, 15) is 9.59 Å². The number of halogens is 2. The van der Waals surface area contributed by atoms with Crippen molar-refractivity contribution in [2.75, 3.05) is 11.4 Å². The molecule has 1 aromatic carbocycles. The van der Waals surface area contributed by atoms with Gasteiger partial charge in [0.25, 0.3) is 0 Å². The molecule has 6 heteroatoms. The Morgan fingerprint density at radius 2 is 2.05 bits per heavy atom. The van der Waals surface area contributed by atoms with Crippen molar-refractivity contribution in [1.29, 1.82) is 0 Å². The van der Waals surface area contributed by atoms with Crippen molar-refractivity contribution >= 4 is 40.8 Å². The SMILES string of the molecule is CCC1(C)CNC(=O)N(c2cc(Cl)ccc2Cl)C1=O. The standard InChI is InChI=1S/C13H14Cl2N2O2/c1-3-13(2)7-16-12(19)17(11(13)18)10-6-8(14)4-5-9(10)15/h4-6H,3,7H2,1-2H3,(H,16,19). The normalized spacial score (nSPS) is 23.5. The molecule has 1 aromatic rings. The molecule has 1 atom stereocenters. The van der Waals surface area contributed by atoms with Crippen LogP contribution in [0.15, 0.2) is 18.2 Å². The first kappa shape index (κ1) is 14.2. The predicted molar refractivity (Wildman–Crippen MR) is 75.7 cm³/mol. The lowest BCUT2D eigenvalue weighted by atomic mass is 9.84. The highest BCUT2D eigenvalue weighted by Crippen LogP contribution is 2.35. The maximum Gasteiger partial charge on any atom is 0.328 e. The minimum atomic E-state index is -0.625. The highest BCUT2D eigenvalue weighted by Gasteiger charge is 2.43. The smallest absolute Gasteiger partial charge is 0.328 e. The quantitative estimate of drug-likeness (QED) is 0.909. The second-order valence-corrected chi connectivity index (χ2v) is 5.65. The number of amides is 3. The van der Waals surface area contributed by atoms with E-state index >= 15 is 0 Å². The minimum Gasteiger partial charge on any atom is -0.336 e. The molecule has 1 fully saturated rings. The Bertz CT molecular complexity index is 547.